The molecule has 1 aliphatic heterocycles. The minimum Gasteiger partial charge on any atom is -0.361 e. The highest BCUT2D eigenvalue weighted by atomic mass is 32.2. The molecular formula is C11H15NO3S. The first kappa shape index (κ1) is 11.6. The number of sulfonamides is 1. The average Bonchev–Trinajstić information content (AvgIpc) is 2.65. The fourth-order valence-corrected chi connectivity index (χ4v) is 3.61. The van der Waals surface area contributed by atoms with Gasteiger partial charge in [-0.05, 0) is 25.5 Å². The van der Waals surface area contributed by atoms with Crippen LogP contribution in [0, 0.1) is 6.92 Å². The molecule has 2 rings (SSSR count). The van der Waals surface area contributed by atoms with E-state index in [4.69, 9.17) is 4.74 Å². The maximum Gasteiger partial charge on any atom is 0.245 e. The summed E-state index contributed by atoms with van der Waals surface area (Å²) in [7, 11) is -3.41. The lowest BCUT2D eigenvalue weighted by molar-refractivity contribution is 0.0846. The fraction of sp³-hybridized carbons (Fsp3) is 0.455. The summed E-state index contributed by atoms with van der Waals surface area (Å²) in [5, 5.41) is 0. The second-order valence-corrected chi connectivity index (χ2v) is 5.71. The Bertz CT molecular complexity index is 484. The Morgan fingerprint density at radius 3 is 2.62 bits per heavy atom. The summed E-state index contributed by atoms with van der Waals surface area (Å²) < 4.78 is 31.3. The topological polar surface area (TPSA) is 46.6 Å². The van der Waals surface area contributed by atoms with Crippen LogP contribution >= 0.6 is 0 Å². The summed E-state index contributed by atoms with van der Waals surface area (Å²) in [4.78, 5) is 0.368. The Morgan fingerprint density at radius 1 is 1.38 bits per heavy atom. The predicted molar refractivity (Wildman–Crippen MR) is 60.5 cm³/mol. The number of ether oxygens (including phenoxy) is 1. The van der Waals surface area contributed by atoms with Crippen LogP contribution in [0.15, 0.2) is 29.2 Å². The van der Waals surface area contributed by atoms with Crippen LogP contribution in [0.25, 0.3) is 0 Å². The Kier molecular flexibility index (Phi) is 3.01. The van der Waals surface area contributed by atoms with Crippen molar-refractivity contribution in [1.29, 1.82) is 0 Å². The zero-order valence-corrected chi connectivity index (χ0v) is 10.2. The van der Waals surface area contributed by atoms with Crippen LogP contribution in [0.3, 0.4) is 0 Å². The molecule has 0 aliphatic carbocycles. The quantitative estimate of drug-likeness (QED) is 0.785. The van der Waals surface area contributed by atoms with Crippen molar-refractivity contribution >= 4 is 10.0 Å². The Balaban J connectivity index is 2.43. The summed E-state index contributed by atoms with van der Waals surface area (Å²) in [5.74, 6) is 0. The van der Waals surface area contributed by atoms with Crippen molar-refractivity contribution in [2.75, 3.05) is 13.2 Å². The van der Waals surface area contributed by atoms with Gasteiger partial charge in [-0.3, -0.25) is 0 Å². The molecule has 1 aromatic carbocycles. The van der Waals surface area contributed by atoms with E-state index < -0.39 is 10.0 Å². The molecule has 0 saturated carbocycles. The molecule has 88 valence electrons. The van der Waals surface area contributed by atoms with Crippen molar-refractivity contribution in [3.05, 3.63) is 29.8 Å². The van der Waals surface area contributed by atoms with Crippen molar-refractivity contribution in [3.8, 4) is 0 Å². The van der Waals surface area contributed by atoms with Crippen LogP contribution in [0.4, 0.5) is 0 Å². The molecule has 0 spiro atoms. The van der Waals surface area contributed by atoms with E-state index in [9.17, 15) is 8.42 Å². The highest BCUT2D eigenvalue weighted by Gasteiger charge is 2.34. The zero-order chi connectivity index (χ0) is 11.8. The van der Waals surface area contributed by atoms with E-state index in [1.807, 2.05) is 6.07 Å². The number of hydrogen-bond donors (Lipinski definition) is 0. The molecule has 0 aromatic heterocycles. The molecule has 0 radical (unpaired) electrons. The van der Waals surface area contributed by atoms with Gasteiger partial charge in [0.05, 0.1) is 11.5 Å². The lowest BCUT2D eigenvalue weighted by Gasteiger charge is -2.20. The first-order valence-corrected chi connectivity index (χ1v) is 6.66. The summed E-state index contributed by atoms with van der Waals surface area (Å²) >= 11 is 0. The summed E-state index contributed by atoms with van der Waals surface area (Å²) in [6.45, 7) is 4.45. The number of aryl methyl sites for hydroxylation is 1. The highest BCUT2D eigenvalue weighted by molar-refractivity contribution is 7.89. The van der Waals surface area contributed by atoms with Crippen LogP contribution in [0.1, 0.15) is 12.5 Å². The largest absolute Gasteiger partial charge is 0.361 e. The molecule has 1 fully saturated rings. The summed E-state index contributed by atoms with van der Waals surface area (Å²) in [5.41, 5.74) is 0.765. The van der Waals surface area contributed by atoms with Gasteiger partial charge in [-0.1, -0.05) is 18.2 Å². The van der Waals surface area contributed by atoms with E-state index >= 15 is 0 Å². The molecular weight excluding hydrogens is 226 g/mol. The van der Waals surface area contributed by atoms with E-state index in [2.05, 4.69) is 0 Å². The maximum absolute atomic E-state index is 12.3. The van der Waals surface area contributed by atoms with Crippen LogP contribution < -0.4 is 0 Å². The molecule has 5 heteroatoms. The van der Waals surface area contributed by atoms with Crippen molar-refractivity contribution in [2.45, 2.75) is 25.0 Å². The second kappa shape index (κ2) is 4.16. The molecule has 1 saturated heterocycles. The molecule has 1 heterocycles. The van der Waals surface area contributed by atoms with Crippen molar-refractivity contribution in [1.82, 2.24) is 4.31 Å². The molecule has 1 atom stereocenters. The van der Waals surface area contributed by atoms with Crippen molar-refractivity contribution < 1.29 is 13.2 Å². The van der Waals surface area contributed by atoms with Gasteiger partial charge in [0.25, 0.3) is 0 Å². The lowest BCUT2D eigenvalue weighted by atomic mass is 10.2. The molecule has 0 amide bonds. The SMILES string of the molecule is Cc1ccccc1S(=O)(=O)N1CCOC1C. The average molecular weight is 241 g/mol. The third-order valence-electron chi connectivity index (χ3n) is 2.76. The van der Waals surface area contributed by atoms with E-state index in [1.165, 1.54) is 4.31 Å². The lowest BCUT2D eigenvalue weighted by Crippen LogP contribution is -2.34. The molecule has 4 nitrogen and oxygen atoms in total. The van der Waals surface area contributed by atoms with Gasteiger partial charge < -0.3 is 4.74 Å². The van der Waals surface area contributed by atoms with Gasteiger partial charge in [-0.15, -0.1) is 0 Å². The monoisotopic (exact) mass is 241 g/mol. The van der Waals surface area contributed by atoms with E-state index in [0.717, 1.165) is 5.56 Å². The van der Waals surface area contributed by atoms with Gasteiger partial charge in [0, 0.05) is 6.54 Å². The molecule has 1 aliphatic rings. The number of rotatable bonds is 2. The minimum atomic E-state index is -3.41. The fourth-order valence-electron chi connectivity index (χ4n) is 1.87. The molecule has 16 heavy (non-hydrogen) atoms. The molecule has 1 unspecified atom stereocenters. The van der Waals surface area contributed by atoms with Gasteiger partial charge in [0.1, 0.15) is 6.23 Å². The van der Waals surface area contributed by atoms with Crippen LogP contribution in [0.2, 0.25) is 0 Å². The van der Waals surface area contributed by atoms with Crippen LogP contribution in [-0.4, -0.2) is 32.1 Å². The standard InChI is InChI=1S/C11H15NO3S/c1-9-5-3-4-6-11(9)16(13,14)12-7-8-15-10(12)2/h3-6,10H,7-8H2,1-2H3. The Morgan fingerprint density at radius 2 is 2.06 bits per heavy atom. The van der Waals surface area contributed by atoms with Gasteiger partial charge in [-0.25, -0.2) is 8.42 Å². The highest BCUT2D eigenvalue weighted by Crippen LogP contribution is 2.24. The first-order valence-electron chi connectivity index (χ1n) is 5.22. The molecule has 0 N–H and O–H groups in total. The van der Waals surface area contributed by atoms with Gasteiger partial charge >= 0.3 is 0 Å². The Labute approximate surface area is 95.9 Å². The van der Waals surface area contributed by atoms with Crippen LogP contribution in [-0.2, 0) is 14.8 Å². The third kappa shape index (κ3) is 1.86. The smallest absolute Gasteiger partial charge is 0.245 e. The number of nitrogens with zero attached hydrogens (tertiary/aromatic N) is 1. The third-order valence-corrected chi connectivity index (χ3v) is 4.87. The minimum absolute atomic E-state index is 0.368. The van der Waals surface area contributed by atoms with Gasteiger partial charge in [0.15, 0.2) is 0 Å². The molecule has 1 aromatic rings. The first-order chi connectivity index (χ1) is 7.53. The van der Waals surface area contributed by atoms with Crippen LogP contribution in [0.5, 0.6) is 0 Å². The van der Waals surface area contributed by atoms with Gasteiger partial charge in [-0.2, -0.15) is 4.31 Å². The predicted octanol–water partition coefficient (Wildman–Crippen LogP) is 1.36. The normalized spacial score (nSPS) is 22.5. The molecule has 0 bridgehead atoms. The van der Waals surface area contributed by atoms with Crippen molar-refractivity contribution in [2.24, 2.45) is 0 Å². The summed E-state index contributed by atoms with van der Waals surface area (Å²) in [6, 6.07) is 7.00. The zero-order valence-electron chi connectivity index (χ0n) is 9.38. The second-order valence-electron chi connectivity index (χ2n) is 3.85. The van der Waals surface area contributed by atoms with Crippen molar-refractivity contribution in [3.63, 3.8) is 0 Å². The van der Waals surface area contributed by atoms with E-state index in [1.54, 1.807) is 32.0 Å². The Hall–Kier alpha value is -0.910. The van der Waals surface area contributed by atoms with E-state index in [-0.39, 0.29) is 6.23 Å². The maximum atomic E-state index is 12.3. The van der Waals surface area contributed by atoms with E-state index in [0.29, 0.717) is 18.0 Å². The number of benzene rings is 1. The van der Waals surface area contributed by atoms with Gasteiger partial charge in [0.2, 0.25) is 10.0 Å². The number of hydrogen-bond acceptors (Lipinski definition) is 3. The summed E-state index contributed by atoms with van der Waals surface area (Å²) in [6.07, 6.45) is -0.371.